The third kappa shape index (κ3) is 3.20. The summed E-state index contributed by atoms with van der Waals surface area (Å²) in [6, 6.07) is 8.94. The monoisotopic (exact) mass is 397 g/mol. The zero-order valence-electron chi connectivity index (χ0n) is 15.3. The molecule has 4 amide bonds. The van der Waals surface area contributed by atoms with E-state index in [0.717, 1.165) is 4.90 Å². The van der Waals surface area contributed by atoms with E-state index >= 15 is 0 Å². The lowest BCUT2D eigenvalue weighted by atomic mass is 9.98. The number of urea groups is 1. The van der Waals surface area contributed by atoms with Crippen LogP contribution in [0.3, 0.4) is 0 Å². The van der Waals surface area contributed by atoms with Crippen LogP contribution in [0.2, 0.25) is 0 Å². The number of anilines is 1. The number of carbonyl (C=O) groups excluding carboxylic acids is 4. The number of hydrogen-bond acceptors (Lipinski definition) is 5. The minimum Gasteiger partial charge on any atom is -0.348 e. The van der Waals surface area contributed by atoms with Gasteiger partial charge in [0.1, 0.15) is 6.04 Å². The molecule has 0 saturated carbocycles. The molecule has 28 heavy (non-hydrogen) atoms. The summed E-state index contributed by atoms with van der Waals surface area (Å²) in [4.78, 5) is 53.0. The van der Waals surface area contributed by atoms with Gasteiger partial charge in [-0.2, -0.15) is 0 Å². The van der Waals surface area contributed by atoms with Gasteiger partial charge in [-0.1, -0.05) is 18.2 Å². The van der Waals surface area contributed by atoms with Crippen molar-refractivity contribution in [3.63, 3.8) is 0 Å². The Morgan fingerprint density at radius 3 is 2.71 bits per heavy atom. The predicted octanol–water partition coefficient (Wildman–Crippen LogP) is 2.68. The molecule has 2 saturated heterocycles. The van der Waals surface area contributed by atoms with Crippen LogP contribution in [-0.4, -0.2) is 47.2 Å². The van der Waals surface area contributed by atoms with Crippen LogP contribution in [-0.2, 0) is 4.79 Å². The summed E-state index contributed by atoms with van der Waals surface area (Å²) < 4.78 is 0. The molecular weight excluding hydrogens is 378 g/mol. The van der Waals surface area contributed by atoms with Gasteiger partial charge in [0.15, 0.2) is 5.78 Å². The van der Waals surface area contributed by atoms with E-state index in [2.05, 4.69) is 5.32 Å². The number of imide groups is 1. The maximum atomic E-state index is 13.0. The van der Waals surface area contributed by atoms with Crippen molar-refractivity contribution < 1.29 is 19.2 Å². The lowest BCUT2D eigenvalue weighted by Crippen LogP contribution is -2.49. The van der Waals surface area contributed by atoms with Crippen LogP contribution in [0.4, 0.5) is 10.5 Å². The fraction of sp³-hybridized carbons (Fsp3) is 0.300. The van der Waals surface area contributed by atoms with Crippen LogP contribution in [0, 0.1) is 0 Å². The summed E-state index contributed by atoms with van der Waals surface area (Å²) in [6.45, 7) is 1.84. The minimum atomic E-state index is -0.601. The number of ketones is 1. The predicted molar refractivity (Wildman–Crippen MR) is 105 cm³/mol. The van der Waals surface area contributed by atoms with Gasteiger partial charge in [0, 0.05) is 18.2 Å². The Balaban J connectivity index is 1.51. The first-order valence-corrected chi connectivity index (χ1v) is 9.93. The summed E-state index contributed by atoms with van der Waals surface area (Å²) >= 11 is 1.36. The smallest absolute Gasteiger partial charge is 0.332 e. The Morgan fingerprint density at radius 1 is 1.18 bits per heavy atom. The largest absolute Gasteiger partial charge is 0.348 e. The number of benzene rings is 1. The molecule has 144 valence electrons. The maximum Gasteiger partial charge on any atom is 0.332 e. The van der Waals surface area contributed by atoms with Gasteiger partial charge in [-0.3, -0.25) is 14.4 Å². The van der Waals surface area contributed by atoms with E-state index in [1.807, 2.05) is 11.4 Å². The maximum absolute atomic E-state index is 13.0. The van der Waals surface area contributed by atoms with E-state index in [1.54, 1.807) is 35.2 Å². The molecule has 4 rings (SSSR count). The second kappa shape index (κ2) is 7.20. The molecule has 3 heterocycles. The number of carbonyl (C=O) groups is 4. The zero-order chi connectivity index (χ0) is 19.8. The van der Waals surface area contributed by atoms with Gasteiger partial charge in [0.05, 0.1) is 10.6 Å². The van der Waals surface area contributed by atoms with Gasteiger partial charge in [-0.05, 0) is 43.3 Å². The van der Waals surface area contributed by atoms with Crippen molar-refractivity contribution in [3.05, 3.63) is 52.2 Å². The molecule has 2 aliphatic rings. The van der Waals surface area contributed by atoms with E-state index in [4.69, 9.17) is 0 Å². The fourth-order valence-corrected chi connectivity index (χ4v) is 4.32. The quantitative estimate of drug-likeness (QED) is 0.635. The highest BCUT2D eigenvalue weighted by Crippen LogP contribution is 2.31. The summed E-state index contributed by atoms with van der Waals surface area (Å²) in [6.07, 6.45) is 0.971. The molecule has 0 spiro atoms. The lowest BCUT2D eigenvalue weighted by Gasteiger charge is -2.32. The van der Waals surface area contributed by atoms with Gasteiger partial charge in [0.25, 0.3) is 11.8 Å². The van der Waals surface area contributed by atoms with Crippen LogP contribution in [0.5, 0.6) is 0 Å². The number of piperidine rings is 1. The molecule has 1 aromatic carbocycles. The standard InChI is InChI=1S/C20H19N3O4S/c1-12(24)13-4-2-5-15(10-13)23-19(26)16-11-14(7-8-22(16)20(23)27)21-18(25)17-6-3-9-28-17/h2-6,9-10,14,16H,7-8,11H2,1H3,(H,21,25). The molecule has 0 bridgehead atoms. The molecule has 2 fully saturated rings. The lowest BCUT2D eigenvalue weighted by molar-refractivity contribution is -0.120. The highest BCUT2D eigenvalue weighted by atomic mass is 32.1. The van der Waals surface area contributed by atoms with Crippen molar-refractivity contribution in [3.8, 4) is 0 Å². The van der Waals surface area contributed by atoms with Gasteiger partial charge in [-0.15, -0.1) is 11.3 Å². The van der Waals surface area contributed by atoms with E-state index in [9.17, 15) is 19.2 Å². The Hall–Kier alpha value is -3.00. The molecule has 2 aromatic rings. The Labute approximate surface area is 165 Å². The molecule has 2 atom stereocenters. The normalized spacial score (nSPS) is 21.6. The number of amides is 4. The second-order valence-electron chi connectivity index (χ2n) is 6.94. The third-order valence-corrected chi connectivity index (χ3v) is 6.00. The Bertz CT molecular complexity index is 956. The van der Waals surface area contributed by atoms with Crippen molar-refractivity contribution in [2.24, 2.45) is 0 Å². The van der Waals surface area contributed by atoms with Crippen molar-refractivity contribution >= 4 is 40.7 Å². The number of hydrogen-bond donors (Lipinski definition) is 1. The van der Waals surface area contributed by atoms with E-state index in [-0.39, 0.29) is 29.7 Å². The molecule has 2 unspecified atom stereocenters. The summed E-state index contributed by atoms with van der Waals surface area (Å²) in [5, 5.41) is 4.80. The topological polar surface area (TPSA) is 86.8 Å². The van der Waals surface area contributed by atoms with E-state index in [1.165, 1.54) is 18.3 Å². The fourth-order valence-electron chi connectivity index (χ4n) is 3.70. The molecule has 1 N–H and O–H groups in total. The number of Topliss-reactive ketones (excluding diaryl/α,β-unsaturated/α-hetero) is 1. The highest BCUT2D eigenvalue weighted by molar-refractivity contribution is 7.12. The van der Waals surface area contributed by atoms with E-state index in [0.29, 0.717) is 35.5 Å². The SMILES string of the molecule is CC(=O)c1cccc(N2C(=O)C3CC(NC(=O)c4cccs4)CCN3C2=O)c1. The minimum absolute atomic E-state index is 0.130. The van der Waals surface area contributed by atoms with Gasteiger partial charge < -0.3 is 10.2 Å². The van der Waals surface area contributed by atoms with Crippen molar-refractivity contribution in [2.75, 3.05) is 11.4 Å². The summed E-state index contributed by atoms with van der Waals surface area (Å²) in [7, 11) is 0. The molecule has 0 aliphatic carbocycles. The average molecular weight is 397 g/mol. The van der Waals surface area contributed by atoms with Gasteiger partial charge in [0.2, 0.25) is 0 Å². The Kier molecular flexibility index (Phi) is 4.72. The van der Waals surface area contributed by atoms with Crippen LogP contribution >= 0.6 is 11.3 Å². The highest BCUT2D eigenvalue weighted by Gasteiger charge is 2.48. The number of nitrogens with one attached hydrogen (secondary N) is 1. The van der Waals surface area contributed by atoms with Gasteiger partial charge >= 0.3 is 6.03 Å². The number of fused-ring (bicyclic) bond motifs is 1. The molecule has 0 radical (unpaired) electrons. The first-order chi connectivity index (χ1) is 13.5. The number of nitrogens with zero attached hydrogens (tertiary/aromatic N) is 2. The molecule has 7 nitrogen and oxygen atoms in total. The molecule has 8 heteroatoms. The molecule has 2 aliphatic heterocycles. The third-order valence-electron chi connectivity index (χ3n) is 5.14. The Morgan fingerprint density at radius 2 is 2.00 bits per heavy atom. The van der Waals surface area contributed by atoms with Crippen LogP contribution in [0.15, 0.2) is 41.8 Å². The number of rotatable bonds is 4. The molecule has 1 aromatic heterocycles. The zero-order valence-corrected chi connectivity index (χ0v) is 16.1. The van der Waals surface area contributed by atoms with Crippen LogP contribution in [0.25, 0.3) is 0 Å². The number of thiophene rings is 1. The second-order valence-corrected chi connectivity index (χ2v) is 7.89. The van der Waals surface area contributed by atoms with Crippen LogP contribution in [0.1, 0.15) is 39.8 Å². The van der Waals surface area contributed by atoms with Crippen molar-refractivity contribution in [2.45, 2.75) is 31.8 Å². The molecular formula is C20H19N3O4S. The van der Waals surface area contributed by atoms with Crippen molar-refractivity contribution in [1.29, 1.82) is 0 Å². The summed E-state index contributed by atoms with van der Waals surface area (Å²) in [5.41, 5.74) is 0.848. The first kappa shape index (κ1) is 18.4. The van der Waals surface area contributed by atoms with Crippen molar-refractivity contribution in [1.82, 2.24) is 10.2 Å². The average Bonchev–Trinajstić information content (AvgIpc) is 3.30. The van der Waals surface area contributed by atoms with Gasteiger partial charge in [-0.25, -0.2) is 9.69 Å². The summed E-state index contributed by atoms with van der Waals surface area (Å²) in [5.74, 6) is -0.605. The van der Waals surface area contributed by atoms with E-state index < -0.39 is 6.04 Å². The first-order valence-electron chi connectivity index (χ1n) is 9.05. The van der Waals surface area contributed by atoms with Crippen LogP contribution < -0.4 is 10.2 Å².